The highest BCUT2D eigenvalue weighted by atomic mass is 32.2. The number of halogens is 1. The standard InChI is InChI=1S/C16H16FNO3S2/c17-13-5-3-12(4-6-13)8-18-15(19)9-21-16(20)11-22-10-14-2-1-7-23-14/h1-7H,8-11H2,(H,18,19). The van der Waals surface area contributed by atoms with Crippen LogP contribution in [0.5, 0.6) is 0 Å². The van der Waals surface area contributed by atoms with E-state index in [0.717, 1.165) is 11.3 Å². The van der Waals surface area contributed by atoms with Crippen LogP contribution in [0.4, 0.5) is 4.39 Å². The lowest BCUT2D eigenvalue weighted by Gasteiger charge is -2.06. The first-order valence-electron chi connectivity index (χ1n) is 6.90. The summed E-state index contributed by atoms with van der Waals surface area (Å²) in [5.74, 6) is -0.157. The zero-order valence-corrected chi connectivity index (χ0v) is 13.9. The first kappa shape index (κ1) is 17.5. The first-order valence-corrected chi connectivity index (χ1v) is 8.94. The molecule has 0 atom stereocenters. The zero-order valence-electron chi connectivity index (χ0n) is 12.3. The van der Waals surface area contributed by atoms with E-state index in [1.807, 2.05) is 17.5 Å². The molecule has 7 heteroatoms. The van der Waals surface area contributed by atoms with Crippen molar-refractivity contribution in [1.82, 2.24) is 5.32 Å². The number of esters is 1. The molecule has 23 heavy (non-hydrogen) atoms. The van der Waals surface area contributed by atoms with E-state index in [0.29, 0.717) is 0 Å². The van der Waals surface area contributed by atoms with Crippen LogP contribution in [-0.4, -0.2) is 24.2 Å². The Hall–Kier alpha value is -1.86. The quantitative estimate of drug-likeness (QED) is 0.742. The Morgan fingerprint density at radius 2 is 2.00 bits per heavy atom. The molecule has 1 heterocycles. The van der Waals surface area contributed by atoms with Crippen molar-refractivity contribution in [2.24, 2.45) is 0 Å². The number of thioether (sulfide) groups is 1. The number of benzene rings is 1. The molecular formula is C16H16FNO3S2. The fraction of sp³-hybridized carbons (Fsp3) is 0.250. The second-order valence-electron chi connectivity index (χ2n) is 4.64. The highest BCUT2D eigenvalue weighted by Crippen LogP contribution is 2.16. The number of thiophene rings is 1. The lowest BCUT2D eigenvalue weighted by atomic mass is 10.2. The van der Waals surface area contributed by atoms with Crippen LogP contribution < -0.4 is 5.32 Å². The van der Waals surface area contributed by atoms with Gasteiger partial charge < -0.3 is 10.1 Å². The molecule has 1 N–H and O–H groups in total. The molecule has 0 saturated heterocycles. The van der Waals surface area contributed by atoms with E-state index in [-0.39, 0.29) is 30.6 Å². The maximum atomic E-state index is 12.7. The van der Waals surface area contributed by atoms with Crippen molar-refractivity contribution in [1.29, 1.82) is 0 Å². The average molecular weight is 353 g/mol. The van der Waals surface area contributed by atoms with Crippen LogP contribution in [0.15, 0.2) is 41.8 Å². The Balaban J connectivity index is 1.58. The first-order chi connectivity index (χ1) is 11.1. The summed E-state index contributed by atoms with van der Waals surface area (Å²) in [5.41, 5.74) is 0.776. The van der Waals surface area contributed by atoms with Crippen LogP contribution >= 0.6 is 23.1 Å². The zero-order chi connectivity index (χ0) is 16.5. The molecule has 2 rings (SSSR count). The van der Waals surface area contributed by atoms with Crippen LogP contribution in [-0.2, 0) is 26.6 Å². The lowest BCUT2D eigenvalue weighted by molar-refractivity contribution is -0.145. The smallest absolute Gasteiger partial charge is 0.316 e. The number of amides is 1. The topological polar surface area (TPSA) is 55.4 Å². The van der Waals surface area contributed by atoms with Crippen LogP contribution in [0.1, 0.15) is 10.4 Å². The molecule has 122 valence electrons. The third-order valence-electron chi connectivity index (χ3n) is 2.81. The van der Waals surface area contributed by atoms with Gasteiger partial charge in [0.2, 0.25) is 0 Å². The van der Waals surface area contributed by atoms with Crippen LogP contribution in [0, 0.1) is 5.82 Å². The van der Waals surface area contributed by atoms with Crippen molar-refractivity contribution < 1.29 is 18.7 Å². The van der Waals surface area contributed by atoms with Crippen molar-refractivity contribution in [2.45, 2.75) is 12.3 Å². The molecule has 1 aromatic carbocycles. The third kappa shape index (κ3) is 6.83. The van der Waals surface area contributed by atoms with Crippen LogP contribution in [0.2, 0.25) is 0 Å². The van der Waals surface area contributed by atoms with Crippen LogP contribution in [0.25, 0.3) is 0 Å². The third-order valence-corrected chi connectivity index (χ3v) is 4.83. The normalized spacial score (nSPS) is 10.3. The van der Waals surface area contributed by atoms with Gasteiger partial charge in [0.15, 0.2) is 6.61 Å². The molecule has 0 aliphatic rings. The van der Waals surface area contributed by atoms with Crippen molar-refractivity contribution in [3.8, 4) is 0 Å². The molecule has 0 bridgehead atoms. The molecule has 4 nitrogen and oxygen atoms in total. The van der Waals surface area contributed by atoms with Gasteiger partial charge in [-0.3, -0.25) is 9.59 Å². The Kier molecular flexibility index (Phi) is 7.09. The van der Waals surface area contributed by atoms with Gasteiger partial charge in [0.05, 0.1) is 5.75 Å². The summed E-state index contributed by atoms with van der Waals surface area (Å²) < 4.78 is 17.6. The fourth-order valence-electron chi connectivity index (χ4n) is 1.67. The Morgan fingerprint density at radius 3 is 2.70 bits per heavy atom. The van der Waals surface area contributed by atoms with Crippen LogP contribution in [0.3, 0.4) is 0 Å². The molecule has 1 amide bonds. The maximum absolute atomic E-state index is 12.7. The lowest BCUT2D eigenvalue weighted by Crippen LogP contribution is -2.28. The van der Waals surface area contributed by atoms with Gasteiger partial charge in [0.1, 0.15) is 5.82 Å². The van der Waals surface area contributed by atoms with E-state index in [1.165, 1.54) is 28.8 Å². The molecule has 0 spiro atoms. The molecule has 0 radical (unpaired) electrons. The number of nitrogens with one attached hydrogen (secondary N) is 1. The summed E-state index contributed by atoms with van der Waals surface area (Å²) in [6, 6.07) is 9.79. The summed E-state index contributed by atoms with van der Waals surface area (Å²) in [7, 11) is 0. The second-order valence-corrected chi connectivity index (χ2v) is 6.65. The Labute approximate surface area is 142 Å². The van der Waals surface area contributed by atoms with Crippen molar-refractivity contribution in [3.05, 3.63) is 58.0 Å². The van der Waals surface area contributed by atoms with Gasteiger partial charge in [-0.25, -0.2) is 4.39 Å². The van der Waals surface area contributed by atoms with Gasteiger partial charge in [-0.05, 0) is 29.1 Å². The van der Waals surface area contributed by atoms with Crippen molar-refractivity contribution in [3.63, 3.8) is 0 Å². The van der Waals surface area contributed by atoms with E-state index in [1.54, 1.807) is 23.5 Å². The Bertz CT molecular complexity index is 629. The highest BCUT2D eigenvalue weighted by molar-refractivity contribution is 7.99. The predicted molar refractivity (Wildman–Crippen MR) is 89.7 cm³/mol. The summed E-state index contributed by atoms with van der Waals surface area (Å²) in [6.45, 7) is -0.0383. The summed E-state index contributed by atoms with van der Waals surface area (Å²) >= 11 is 3.09. The van der Waals surface area contributed by atoms with E-state index in [4.69, 9.17) is 4.74 Å². The minimum absolute atomic E-state index is 0.211. The second kappa shape index (κ2) is 9.32. The summed E-state index contributed by atoms with van der Waals surface area (Å²) in [4.78, 5) is 24.3. The molecule has 0 fully saturated rings. The van der Waals surface area contributed by atoms with Gasteiger partial charge in [0, 0.05) is 17.2 Å². The SMILES string of the molecule is O=C(COC(=O)CSCc1cccs1)NCc1ccc(F)cc1. The summed E-state index contributed by atoms with van der Waals surface area (Å²) in [5, 5.41) is 4.59. The number of ether oxygens (including phenoxy) is 1. The van der Waals surface area contributed by atoms with Gasteiger partial charge in [-0.2, -0.15) is 0 Å². The Morgan fingerprint density at radius 1 is 1.22 bits per heavy atom. The maximum Gasteiger partial charge on any atom is 0.316 e. The molecule has 0 aliphatic carbocycles. The molecular weight excluding hydrogens is 337 g/mol. The van der Waals surface area contributed by atoms with E-state index in [9.17, 15) is 14.0 Å². The largest absolute Gasteiger partial charge is 0.455 e. The van der Waals surface area contributed by atoms with E-state index < -0.39 is 5.97 Å². The number of hydrogen-bond acceptors (Lipinski definition) is 5. The van der Waals surface area contributed by atoms with Crippen molar-refractivity contribution >= 4 is 35.0 Å². The predicted octanol–water partition coefficient (Wildman–Crippen LogP) is 2.98. The number of rotatable bonds is 8. The van der Waals surface area contributed by atoms with E-state index >= 15 is 0 Å². The van der Waals surface area contributed by atoms with Crippen molar-refractivity contribution in [2.75, 3.05) is 12.4 Å². The average Bonchev–Trinajstić information content (AvgIpc) is 3.06. The highest BCUT2D eigenvalue weighted by Gasteiger charge is 2.08. The molecule has 1 aromatic heterocycles. The fourth-order valence-corrected chi connectivity index (χ4v) is 3.33. The van der Waals surface area contributed by atoms with Gasteiger partial charge in [-0.1, -0.05) is 18.2 Å². The molecule has 0 unspecified atom stereocenters. The minimum Gasteiger partial charge on any atom is -0.455 e. The summed E-state index contributed by atoms with van der Waals surface area (Å²) in [6.07, 6.45) is 0. The molecule has 0 saturated carbocycles. The van der Waals surface area contributed by atoms with Gasteiger partial charge in [-0.15, -0.1) is 23.1 Å². The van der Waals surface area contributed by atoms with Gasteiger partial charge in [0.25, 0.3) is 5.91 Å². The van der Waals surface area contributed by atoms with E-state index in [2.05, 4.69) is 5.32 Å². The number of carbonyl (C=O) groups excluding carboxylic acids is 2. The number of hydrogen-bond donors (Lipinski definition) is 1. The molecule has 2 aromatic rings. The monoisotopic (exact) mass is 353 g/mol. The number of carbonyl (C=O) groups is 2. The minimum atomic E-state index is -0.413. The van der Waals surface area contributed by atoms with Gasteiger partial charge >= 0.3 is 5.97 Å². The molecule has 0 aliphatic heterocycles.